The van der Waals surface area contributed by atoms with Gasteiger partial charge in [-0.05, 0) is 6.54 Å². The Labute approximate surface area is 74.3 Å². The van der Waals surface area contributed by atoms with Gasteiger partial charge in [0, 0.05) is 32.2 Å². The number of nitrogens with zero attached hydrogens (tertiary/aromatic N) is 2. The highest BCUT2D eigenvalue weighted by Crippen LogP contribution is 2.12. The van der Waals surface area contributed by atoms with Crippen LogP contribution in [-0.4, -0.2) is 61.8 Å². The molecule has 70 valence electrons. The lowest BCUT2D eigenvalue weighted by atomic mass is 10.1. The Morgan fingerprint density at radius 3 is 3.08 bits per heavy atom. The van der Waals surface area contributed by atoms with Gasteiger partial charge in [-0.25, -0.2) is 0 Å². The Kier molecular flexibility index (Phi) is 2.63. The third-order valence-corrected chi connectivity index (χ3v) is 2.97. The molecule has 0 N–H and O–H groups in total. The minimum Gasteiger partial charge on any atom is -0.378 e. The van der Waals surface area contributed by atoms with E-state index >= 15 is 0 Å². The number of ether oxygens (including phenoxy) is 1. The third kappa shape index (κ3) is 1.63. The highest BCUT2D eigenvalue weighted by Gasteiger charge is 2.28. The summed E-state index contributed by atoms with van der Waals surface area (Å²) < 4.78 is 5.46. The van der Waals surface area contributed by atoms with E-state index in [1.165, 1.54) is 26.2 Å². The van der Waals surface area contributed by atoms with Crippen molar-refractivity contribution in [1.82, 2.24) is 9.80 Å². The first-order valence-electron chi connectivity index (χ1n) is 4.94. The van der Waals surface area contributed by atoms with E-state index < -0.39 is 0 Å². The zero-order valence-corrected chi connectivity index (χ0v) is 7.83. The smallest absolute Gasteiger partial charge is 0.0634 e. The largest absolute Gasteiger partial charge is 0.378 e. The monoisotopic (exact) mass is 170 g/mol. The molecule has 1 atom stereocenters. The van der Waals surface area contributed by atoms with Crippen molar-refractivity contribution >= 4 is 0 Å². The Balaban J connectivity index is 1.90. The molecule has 0 radical (unpaired) electrons. The molecule has 3 heteroatoms. The molecule has 2 aliphatic heterocycles. The van der Waals surface area contributed by atoms with Gasteiger partial charge in [-0.15, -0.1) is 0 Å². The number of fused-ring (bicyclic) bond motifs is 1. The number of likely N-dealkylation sites (N-methyl/N-ethyl adjacent to an activating group) is 1. The standard InChI is InChI=1S/C9H18N2O/c1-2-10-3-4-11-5-6-12-8-9(11)7-10/h9H,2-8H2,1H3/t9-/m1/s1. The lowest BCUT2D eigenvalue weighted by Crippen LogP contribution is -2.57. The summed E-state index contributed by atoms with van der Waals surface area (Å²) in [6.45, 7) is 10.1. The number of morpholine rings is 1. The molecule has 2 heterocycles. The van der Waals surface area contributed by atoms with Crippen LogP contribution in [0, 0.1) is 0 Å². The summed E-state index contributed by atoms with van der Waals surface area (Å²) in [4.78, 5) is 5.07. The van der Waals surface area contributed by atoms with E-state index in [2.05, 4.69) is 16.7 Å². The molecule has 0 spiro atoms. The van der Waals surface area contributed by atoms with E-state index in [0.717, 1.165) is 19.8 Å². The molecular formula is C9H18N2O. The minimum absolute atomic E-state index is 0.674. The lowest BCUT2D eigenvalue weighted by Gasteiger charge is -2.43. The maximum atomic E-state index is 5.46. The van der Waals surface area contributed by atoms with Crippen molar-refractivity contribution in [3.63, 3.8) is 0 Å². The molecule has 0 amide bonds. The number of rotatable bonds is 1. The molecule has 0 saturated carbocycles. The van der Waals surface area contributed by atoms with Crippen molar-refractivity contribution in [3.8, 4) is 0 Å². The molecule has 0 unspecified atom stereocenters. The molecular weight excluding hydrogens is 152 g/mol. The first-order valence-corrected chi connectivity index (χ1v) is 4.94. The van der Waals surface area contributed by atoms with E-state index in [-0.39, 0.29) is 0 Å². The van der Waals surface area contributed by atoms with E-state index in [4.69, 9.17) is 4.74 Å². The second-order valence-electron chi connectivity index (χ2n) is 3.66. The van der Waals surface area contributed by atoms with Gasteiger partial charge in [-0.1, -0.05) is 6.92 Å². The Morgan fingerprint density at radius 1 is 1.33 bits per heavy atom. The van der Waals surface area contributed by atoms with Crippen molar-refractivity contribution < 1.29 is 4.74 Å². The van der Waals surface area contributed by atoms with Crippen molar-refractivity contribution in [1.29, 1.82) is 0 Å². The number of hydrogen-bond donors (Lipinski definition) is 0. The maximum Gasteiger partial charge on any atom is 0.0634 e. The van der Waals surface area contributed by atoms with Crippen molar-refractivity contribution in [2.24, 2.45) is 0 Å². The van der Waals surface area contributed by atoms with E-state index in [1.807, 2.05) is 0 Å². The molecule has 12 heavy (non-hydrogen) atoms. The zero-order valence-electron chi connectivity index (χ0n) is 7.83. The van der Waals surface area contributed by atoms with E-state index in [9.17, 15) is 0 Å². The van der Waals surface area contributed by atoms with Gasteiger partial charge in [0.1, 0.15) is 0 Å². The predicted molar refractivity (Wildman–Crippen MR) is 48.3 cm³/mol. The van der Waals surface area contributed by atoms with Crippen LogP contribution in [0.1, 0.15) is 6.92 Å². The van der Waals surface area contributed by atoms with Crippen LogP contribution in [0.3, 0.4) is 0 Å². The van der Waals surface area contributed by atoms with E-state index in [0.29, 0.717) is 6.04 Å². The molecule has 0 aromatic heterocycles. The summed E-state index contributed by atoms with van der Waals surface area (Å²) in [5, 5.41) is 0. The summed E-state index contributed by atoms with van der Waals surface area (Å²) >= 11 is 0. The highest BCUT2D eigenvalue weighted by atomic mass is 16.5. The van der Waals surface area contributed by atoms with Gasteiger partial charge in [-0.3, -0.25) is 4.90 Å². The van der Waals surface area contributed by atoms with Crippen LogP contribution in [-0.2, 0) is 4.74 Å². The molecule has 0 aromatic carbocycles. The Hall–Kier alpha value is -0.120. The summed E-state index contributed by atoms with van der Waals surface area (Å²) in [5.41, 5.74) is 0. The first-order chi connectivity index (χ1) is 5.90. The molecule has 3 nitrogen and oxygen atoms in total. The topological polar surface area (TPSA) is 15.7 Å². The lowest BCUT2D eigenvalue weighted by molar-refractivity contribution is -0.0435. The fourth-order valence-electron chi connectivity index (χ4n) is 2.10. The molecule has 2 saturated heterocycles. The van der Waals surface area contributed by atoms with Gasteiger partial charge in [-0.2, -0.15) is 0 Å². The average molecular weight is 170 g/mol. The summed E-state index contributed by atoms with van der Waals surface area (Å²) in [6, 6.07) is 0.674. The molecule has 0 bridgehead atoms. The Bertz CT molecular complexity index is 151. The molecule has 2 fully saturated rings. The second kappa shape index (κ2) is 3.73. The highest BCUT2D eigenvalue weighted by molar-refractivity contribution is 4.83. The van der Waals surface area contributed by atoms with Gasteiger partial charge in [0.15, 0.2) is 0 Å². The second-order valence-corrected chi connectivity index (χ2v) is 3.66. The van der Waals surface area contributed by atoms with Crippen LogP contribution in [0.2, 0.25) is 0 Å². The van der Waals surface area contributed by atoms with Gasteiger partial charge in [0.2, 0.25) is 0 Å². The van der Waals surface area contributed by atoms with Crippen LogP contribution in [0.5, 0.6) is 0 Å². The fraction of sp³-hybridized carbons (Fsp3) is 1.00. The van der Waals surface area contributed by atoms with E-state index in [1.54, 1.807) is 0 Å². The third-order valence-electron chi connectivity index (χ3n) is 2.97. The maximum absolute atomic E-state index is 5.46. The predicted octanol–water partition coefficient (Wildman–Crippen LogP) is 0.0227. The van der Waals surface area contributed by atoms with Crippen LogP contribution < -0.4 is 0 Å². The minimum atomic E-state index is 0.674. The number of hydrogen-bond acceptors (Lipinski definition) is 3. The molecule has 2 rings (SSSR count). The Morgan fingerprint density at radius 2 is 2.25 bits per heavy atom. The van der Waals surface area contributed by atoms with Gasteiger partial charge in [0.05, 0.1) is 13.2 Å². The quantitative estimate of drug-likeness (QED) is 0.552. The zero-order chi connectivity index (χ0) is 8.39. The summed E-state index contributed by atoms with van der Waals surface area (Å²) in [6.07, 6.45) is 0. The van der Waals surface area contributed by atoms with Crippen LogP contribution in [0.4, 0.5) is 0 Å². The number of piperazine rings is 1. The van der Waals surface area contributed by atoms with Gasteiger partial charge in [0.25, 0.3) is 0 Å². The average Bonchev–Trinajstić information content (AvgIpc) is 2.17. The summed E-state index contributed by atoms with van der Waals surface area (Å²) in [5.74, 6) is 0. The van der Waals surface area contributed by atoms with Crippen molar-refractivity contribution in [2.75, 3.05) is 45.9 Å². The van der Waals surface area contributed by atoms with Crippen LogP contribution in [0.25, 0.3) is 0 Å². The van der Waals surface area contributed by atoms with Gasteiger partial charge >= 0.3 is 0 Å². The molecule has 2 aliphatic rings. The SMILES string of the molecule is CCN1CCN2CCOC[C@H]2C1. The van der Waals surface area contributed by atoms with Crippen molar-refractivity contribution in [2.45, 2.75) is 13.0 Å². The first kappa shape index (κ1) is 8.48. The molecule has 0 aromatic rings. The molecule has 0 aliphatic carbocycles. The van der Waals surface area contributed by atoms with Crippen molar-refractivity contribution in [3.05, 3.63) is 0 Å². The summed E-state index contributed by atoms with van der Waals surface area (Å²) in [7, 11) is 0. The van der Waals surface area contributed by atoms with Crippen LogP contribution in [0.15, 0.2) is 0 Å². The van der Waals surface area contributed by atoms with Crippen LogP contribution >= 0.6 is 0 Å². The fourth-order valence-corrected chi connectivity index (χ4v) is 2.10. The van der Waals surface area contributed by atoms with Gasteiger partial charge < -0.3 is 9.64 Å². The normalized spacial score (nSPS) is 33.2.